The molecule has 0 radical (unpaired) electrons. The average Bonchev–Trinajstić information content (AvgIpc) is 2.52. The Bertz CT molecular complexity index is 2820. The molecule has 1 heterocycles. The lowest BCUT2D eigenvalue weighted by atomic mass is 9.81. The molecule has 11 N–H and O–H groups in total. The number of carbonyl (C=O) groups is 14. The monoisotopic (exact) mass is 1170 g/mol. The van der Waals surface area contributed by atoms with Crippen LogP contribution in [0.25, 0.3) is 0 Å². The summed E-state index contributed by atoms with van der Waals surface area (Å²) in [6, 6.07) is -2.20. The molecule has 1 fully saturated rings. The number of rotatable bonds is 31. The van der Waals surface area contributed by atoms with Gasteiger partial charge >= 0.3 is 35.8 Å². The summed E-state index contributed by atoms with van der Waals surface area (Å²) < 4.78 is 28.3. The van der Waals surface area contributed by atoms with Crippen molar-refractivity contribution in [3.8, 4) is 11.5 Å². The van der Waals surface area contributed by atoms with Crippen LogP contribution >= 0.6 is 0 Å². The smallest absolute Gasteiger partial charge is 0.311 e. The van der Waals surface area contributed by atoms with Crippen LogP contribution < -0.4 is 47.9 Å². The fourth-order valence-corrected chi connectivity index (χ4v) is 8.16. The van der Waals surface area contributed by atoms with E-state index in [1.165, 1.54) is 32.0 Å². The van der Waals surface area contributed by atoms with Crippen LogP contribution in [0.15, 0.2) is 24.3 Å². The van der Waals surface area contributed by atoms with E-state index in [1.807, 2.05) is 0 Å². The first kappa shape index (κ1) is 66.1. The van der Waals surface area contributed by atoms with Crippen LogP contribution in [0, 0.1) is 5.92 Å². The number of phenolic OH excluding ortho intramolecular Hbond substituents is 2. The van der Waals surface area contributed by atoms with Gasteiger partial charge in [0.25, 0.3) is 0 Å². The normalized spacial score (nSPS) is 14.5. The maximum atomic E-state index is 14.2. The summed E-state index contributed by atoms with van der Waals surface area (Å²) in [6.07, 6.45) is -1.42. The van der Waals surface area contributed by atoms with E-state index in [9.17, 15) is 77.3 Å². The Hall–Kier alpha value is -9.42. The zero-order valence-electron chi connectivity index (χ0n) is 46.2. The largest absolute Gasteiger partial charge is 0.507 e. The Morgan fingerprint density at radius 2 is 1.00 bits per heavy atom. The molecule has 83 heavy (non-hydrogen) atoms. The van der Waals surface area contributed by atoms with E-state index in [2.05, 4.69) is 62.1 Å². The van der Waals surface area contributed by atoms with Crippen LogP contribution in [-0.4, -0.2) is 176 Å². The van der Waals surface area contributed by atoms with E-state index in [-0.39, 0.29) is 66.2 Å². The van der Waals surface area contributed by atoms with Gasteiger partial charge in [-0.2, -0.15) is 0 Å². The maximum absolute atomic E-state index is 14.2. The third-order valence-electron chi connectivity index (χ3n) is 12.2. The second-order valence-electron chi connectivity index (χ2n) is 18.9. The summed E-state index contributed by atoms with van der Waals surface area (Å²) >= 11 is 0. The molecule has 452 valence electrons. The number of hydrogen-bond acceptors (Lipinski definition) is 25. The minimum absolute atomic E-state index is 0.00996. The topological polar surface area (TPSA) is 443 Å². The van der Waals surface area contributed by atoms with Crippen LogP contribution in [0.4, 0.5) is 11.4 Å². The fourth-order valence-electron chi connectivity index (χ4n) is 8.16. The lowest BCUT2D eigenvalue weighted by molar-refractivity contribution is -0.168. The molecular formula is C52H67N9O22. The lowest BCUT2D eigenvalue weighted by Gasteiger charge is -2.28. The zero-order chi connectivity index (χ0) is 61.5. The van der Waals surface area contributed by atoms with Gasteiger partial charge in [0.2, 0.25) is 67.4 Å². The van der Waals surface area contributed by atoms with Gasteiger partial charge < -0.3 is 86.5 Å². The Labute approximate surface area is 474 Å². The van der Waals surface area contributed by atoms with Gasteiger partial charge in [-0.25, -0.2) is 0 Å². The van der Waals surface area contributed by atoms with Gasteiger partial charge in [0.15, 0.2) is 0 Å². The van der Waals surface area contributed by atoms with E-state index in [0.717, 1.165) is 46.7 Å². The maximum Gasteiger partial charge on any atom is 0.311 e. The molecule has 2 aromatic carbocycles. The van der Waals surface area contributed by atoms with Gasteiger partial charge in [-0.1, -0.05) is 13.8 Å². The van der Waals surface area contributed by atoms with E-state index < -0.39 is 170 Å². The first-order chi connectivity index (χ1) is 39.3. The van der Waals surface area contributed by atoms with Gasteiger partial charge in [0, 0.05) is 71.7 Å². The van der Waals surface area contributed by atoms with E-state index in [1.54, 1.807) is 0 Å². The van der Waals surface area contributed by atoms with Gasteiger partial charge in [-0.15, -0.1) is 0 Å². The number of hydrogen-bond donors (Lipinski definition) is 11. The number of anilines is 2. The highest BCUT2D eigenvalue weighted by molar-refractivity contribution is 6.33. The number of carbonyl (C=O) groups excluding carboxylic acids is 14. The van der Waals surface area contributed by atoms with Crippen molar-refractivity contribution in [3.05, 3.63) is 46.5 Å². The predicted molar refractivity (Wildman–Crippen MR) is 282 cm³/mol. The Morgan fingerprint density at radius 3 is 1.46 bits per heavy atom. The number of benzene rings is 2. The highest BCUT2D eigenvalue weighted by Crippen LogP contribution is 2.42. The molecule has 5 unspecified atom stereocenters. The van der Waals surface area contributed by atoms with Gasteiger partial charge in [-0.3, -0.25) is 67.1 Å². The molecule has 0 saturated carbocycles. The third kappa shape index (κ3) is 20.6. The van der Waals surface area contributed by atoms with E-state index in [4.69, 9.17) is 14.2 Å². The second kappa shape index (κ2) is 32.1. The van der Waals surface area contributed by atoms with Crippen molar-refractivity contribution in [3.63, 3.8) is 0 Å². The SMILES string of the molecule is CC(=O)NC(CC(=O)OCOC(C)=O)C(=O)NC(CCC(=O)OCOC(C)=O)C(=O)NC(C(=O)NC(CC(=O)OCOC(C)=O)C(=O)NCCNc1ccc(O)c2c1C(=O)c1c(O)ccc(NCCNC(=O)C3CCCN3)c1C2=O)C(C)C. The number of fused-ring (bicyclic) bond motifs is 2. The highest BCUT2D eigenvalue weighted by Gasteiger charge is 2.39. The Balaban J connectivity index is 1.51. The van der Waals surface area contributed by atoms with Crippen molar-refractivity contribution in [1.82, 2.24) is 37.2 Å². The minimum atomic E-state index is -1.80. The summed E-state index contributed by atoms with van der Waals surface area (Å²) in [4.78, 5) is 180. The first-order valence-electron chi connectivity index (χ1n) is 25.9. The molecule has 1 aliphatic heterocycles. The number of amides is 6. The molecule has 31 heteroatoms. The molecule has 4 rings (SSSR count). The first-order valence-corrected chi connectivity index (χ1v) is 25.9. The van der Waals surface area contributed by atoms with Crippen molar-refractivity contribution in [2.24, 2.45) is 5.92 Å². The van der Waals surface area contributed by atoms with E-state index in [0.29, 0.717) is 6.42 Å². The van der Waals surface area contributed by atoms with E-state index >= 15 is 0 Å². The molecule has 2 aliphatic rings. The lowest BCUT2D eigenvalue weighted by Crippen LogP contribution is -2.59. The summed E-state index contributed by atoms with van der Waals surface area (Å²) in [7, 11) is 0. The standard InChI is InChI=1S/C52H67N9O22/c1-25(2)45(61-50(75)33(11-14-38(68)81-22-78-27(4)63)59-51(76)35(58-26(3)62)21-40(70)83-24-80-29(6)65)52(77)60-34(20-39(69)82-23-79-28(5)64)49(74)57-19-17-55-31-10-13-37(67)44-42(31)47(72)43-36(66)12-9-30(41(43)46(44)71)54-16-18-56-48(73)32-8-7-15-53-32/h9-10,12-13,25,32-35,45,53-55,66-67H,7-8,11,14-24H2,1-6H3,(H,56,73)(H,57,74)(H,58,62)(H,59,76)(H,60,77)(H,61,75). The Morgan fingerprint density at radius 1 is 0.542 bits per heavy atom. The molecule has 31 nitrogen and oxygen atoms in total. The van der Waals surface area contributed by atoms with Gasteiger partial charge in [0.05, 0.1) is 41.1 Å². The van der Waals surface area contributed by atoms with Crippen molar-refractivity contribution < 1.29 is 106 Å². The average molecular weight is 1170 g/mol. The molecule has 1 aliphatic carbocycles. The number of ketones is 2. The molecule has 0 spiro atoms. The number of phenols is 2. The molecule has 6 amide bonds. The van der Waals surface area contributed by atoms with Crippen LogP contribution in [0.3, 0.4) is 0 Å². The van der Waals surface area contributed by atoms with Crippen molar-refractivity contribution in [2.75, 3.05) is 63.7 Å². The fraction of sp³-hybridized carbons (Fsp3) is 0.500. The number of ether oxygens (including phenoxy) is 6. The molecule has 2 aromatic rings. The van der Waals surface area contributed by atoms with Crippen molar-refractivity contribution in [1.29, 1.82) is 0 Å². The second-order valence-corrected chi connectivity index (χ2v) is 18.9. The predicted octanol–water partition coefficient (Wildman–Crippen LogP) is -1.95. The van der Waals surface area contributed by atoms with Gasteiger partial charge in [-0.05, 0) is 56.0 Å². The summed E-state index contributed by atoms with van der Waals surface area (Å²) in [6.45, 7) is 4.97. The van der Waals surface area contributed by atoms with Crippen LogP contribution in [-0.2, 0) is 86.0 Å². The number of aromatic hydroxyl groups is 2. The van der Waals surface area contributed by atoms with Gasteiger partial charge in [0.1, 0.15) is 35.7 Å². The number of nitrogens with one attached hydrogen (secondary N) is 9. The summed E-state index contributed by atoms with van der Waals surface area (Å²) in [5.74, 6) is -14.8. The summed E-state index contributed by atoms with van der Waals surface area (Å²) in [5.41, 5.74) is -1.17. The molecule has 0 aromatic heterocycles. The summed E-state index contributed by atoms with van der Waals surface area (Å²) in [5, 5.41) is 45.4. The van der Waals surface area contributed by atoms with Crippen LogP contribution in [0.1, 0.15) is 112 Å². The highest BCUT2D eigenvalue weighted by atomic mass is 16.7. The third-order valence-corrected chi connectivity index (χ3v) is 12.2. The number of esters is 6. The van der Waals surface area contributed by atoms with Crippen molar-refractivity contribution >= 4 is 94.2 Å². The molecular weight excluding hydrogens is 1100 g/mol. The Kier molecular flexibility index (Phi) is 25.6. The van der Waals surface area contributed by atoms with Crippen LogP contribution in [0.2, 0.25) is 0 Å². The minimum Gasteiger partial charge on any atom is -0.507 e. The van der Waals surface area contributed by atoms with Crippen molar-refractivity contribution in [2.45, 2.75) is 110 Å². The zero-order valence-corrected chi connectivity index (χ0v) is 46.2. The molecule has 1 saturated heterocycles. The van der Waals surface area contributed by atoms with Crippen LogP contribution in [0.5, 0.6) is 11.5 Å². The molecule has 0 bridgehead atoms. The quantitative estimate of drug-likeness (QED) is 0.0110. The molecule has 5 atom stereocenters.